The standard InChI is InChI=1S/C13H17F2NO/c1-13(2,17)12-4-3-11(16-12)8-5-9(14)7-10(15)6-8/h5-7,11-12,16-17H,3-4H2,1-2H3. The molecule has 0 spiro atoms. The maximum atomic E-state index is 13.1. The minimum atomic E-state index is -0.819. The Hall–Kier alpha value is -1.00. The molecule has 1 aliphatic heterocycles. The first kappa shape index (κ1) is 12.5. The van der Waals surface area contributed by atoms with Gasteiger partial charge in [-0.15, -0.1) is 0 Å². The highest BCUT2D eigenvalue weighted by Crippen LogP contribution is 2.31. The first-order chi connectivity index (χ1) is 7.86. The number of rotatable bonds is 2. The number of aliphatic hydroxyl groups is 1. The van der Waals surface area contributed by atoms with Crippen molar-refractivity contribution in [1.29, 1.82) is 0 Å². The molecular formula is C13H17F2NO. The summed E-state index contributed by atoms with van der Waals surface area (Å²) in [5.74, 6) is -1.12. The summed E-state index contributed by atoms with van der Waals surface area (Å²) in [6.45, 7) is 3.47. The Labute approximate surface area is 99.7 Å². The molecule has 2 rings (SSSR count). The fourth-order valence-electron chi connectivity index (χ4n) is 2.34. The van der Waals surface area contributed by atoms with Gasteiger partial charge in [-0.2, -0.15) is 0 Å². The van der Waals surface area contributed by atoms with Gasteiger partial charge in [0.1, 0.15) is 11.6 Å². The molecule has 0 amide bonds. The first-order valence-electron chi connectivity index (χ1n) is 5.80. The van der Waals surface area contributed by atoms with E-state index in [0.717, 1.165) is 18.9 Å². The number of nitrogens with one attached hydrogen (secondary N) is 1. The molecule has 0 aromatic heterocycles. The zero-order valence-corrected chi connectivity index (χ0v) is 10.0. The molecule has 1 fully saturated rings. The van der Waals surface area contributed by atoms with Crippen molar-refractivity contribution in [2.24, 2.45) is 0 Å². The second-order valence-electron chi connectivity index (χ2n) is 5.21. The molecule has 94 valence electrons. The lowest BCUT2D eigenvalue weighted by molar-refractivity contribution is 0.0432. The Morgan fingerprint density at radius 1 is 1.18 bits per heavy atom. The van der Waals surface area contributed by atoms with Crippen LogP contribution in [-0.2, 0) is 0 Å². The average Bonchev–Trinajstić information content (AvgIpc) is 2.63. The second kappa shape index (κ2) is 4.35. The highest BCUT2D eigenvalue weighted by Gasteiger charge is 2.34. The van der Waals surface area contributed by atoms with Crippen LogP contribution in [0.25, 0.3) is 0 Å². The zero-order chi connectivity index (χ0) is 12.6. The third-order valence-corrected chi connectivity index (χ3v) is 3.29. The number of hydrogen-bond donors (Lipinski definition) is 2. The van der Waals surface area contributed by atoms with Crippen LogP contribution in [0.15, 0.2) is 18.2 Å². The van der Waals surface area contributed by atoms with E-state index in [1.807, 2.05) is 0 Å². The number of benzene rings is 1. The van der Waals surface area contributed by atoms with E-state index in [4.69, 9.17) is 0 Å². The molecule has 2 unspecified atom stereocenters. The summed E-state index contributed by atoms with van der Waals surface area (Å²) in [7, 11) is 0. The smallest absolute Gasteiger partial charge is 0.126 e. The molecule has 2 nitrogen and oxygen atoms in total. The lowest BCUT2D eigenvalue weighted by atomic mass is 9.98. The molecule has 1 saturated heterocycles. The van der Waals surface area contributed by atoms with Crippen molar-refractivity contribution in [2.45, 2.75) is 44.4 Å². The predicted molar refractivity (Wildman–Crippen MR) is 61.6 cm³/mol. The Morgan fingerprint density at radius 3 is 2.24 bits per heavy atom. The molecule has 1 heterocycles. The van der Waals surface area contributed by atoms with Gasteiger partial charge >= 0.3 is 0 Å². The zero-order valence-electron chi connectivity index (χ0n) is 10.0. The van der Waals surface area contributed by atoms with Gasteiger partial charge in [0.05, 0.1) is 5.60 Å². The van der Waals surface area contributed by atoms with E-state index in [-0.39, 0.29) is 12.1 Å². The van der Waals surface area contributed by atoms with Gasteiger partial charge in [0, 0.05) is 18.2 Å². The quantitative estimate of drug-likeness (QED) is 0.834. The second-order valence-corrected chi connectivity index (χ2v) is 5.21. The average molecular weight is 241 g/mol. The van der Waals surface area contributed by atoms with E-state index >= 15 is 0 Å². The van der Waals surface area contributed by atoms with E-state index in [0.29, 0.717) is 5.56 Å². The summed E-state index contributed by atoms with van der Waals surface area (Å²) in [6.07, 6.45) is 1.57. The van der Waals surface area contributed by atoms with Crippen LogP contribution in [0.5, 0.6) is 0 Å². The van der Waals surface area contributed by atoms with Crippen LogP contribution in [0.1, 0.15) is 38.3 Å². The van der Waals surface area contributed by atoms with Gasteiger partial charge in [-0.1, -0.05) is 0 Å². The Bertz CT molecular complexity index is 394. The Balaban J connectivity index is 2.15. The van der Waals surface area contributed by atoms with E-state index < -0.39 is 17.2 Å². The maximum absolute atomic E-state index is 13.1. The maximum Gasteiger partial charge on any atom is 0.126 e. The lowest BCUT2D eigenvalue weighted by Gasteiger charge is -2.26. The fraction of sp³-hybridized carbons (Fsp3) is 0.538. The third-order valence-electron chi connectivity index (χ3n) is 3.29. The van der Waals surface area contributed by atoms with E-state index in [2.05, 4.69) is 5.32 Å². The molecule has 2 atom stereocenters. The van der Waals surface area contributed by atoms with Crippen molar-refractivity contribution in [1.82, 2.24) is 5.32 Å². The van der Waals surface area contributed by atoms with Crippen LogP contribution in [0, 0.1) is 11.6 Å². The van der Waals surface area contributed by atoms with Crippen molar-refractivity contribution in [2.75, 3.05) is 0 Å². The van der Waals surface area contributed by atoms with E-state index in [1.54, 1.807) is 13.8 Å². The van der Waals surface area contributed by atoms with Crippen molar-refractivity contribution in [3.05, 3.63) is 35.4 Å². The summed E-state index contributed by atoms with van der Waals surface area (Å²) >= 11 is 0. The fourth-order valence-corrected chi connectivity index (χ4v) is 2.34. The topological polar surface area (TPSA) is 32.3 Å². The van der Waals surface area contributed by atoms with Crippen LogP contribution < -0.4 is 5.32 Å². The molecule has 0 radical (unpaired) electrons. The summed E-state index contributed by atoms with van der Waals surface area (Å²) in [6, 6.07) is 3.42. The molecule has 17 heavy (non-hydrogen) atoms. The van der Waals surface area contributed by atoms with Gasteiger partial charge in [-0.05, 0) is 44.4 Å². The van der Waals surface area contributed by atoms with Gasteiger partial charge < -0.3 is 10.4 Å². The molecule has 1 aromatic carbocycles. The van der Waals surface area contributed by atoms with Crippen LogP contribution in [-0.4, -0.2) is 16.7 Å². The summed E-state index contributed by atoms with van der Waals surface area (Å²) < 4.78 is 26.2. The Kier molecular flexibility index (Phi) is 3.19. The highest BCUT2D eigenvalue weighted by molar-refractivity contribution is 5.23. The molecule has 0 bridgehead atoms. The largest absolute Gasteiger partial charge is 0.389 e. The molecule has 1 aliphatic rings. The molecule has 4 heteroatoms. The Morgan fingerprint density at radius 2 is 1.76 bits per heavy atom. The predicted octanol–water partition coefficient (Wildman–Crippen LogP) is 2.53. The lowest BCUT2D eigenvalue weighted by Crippen LogP contribution is -2.43. The van der Waals surface area contributed by atoms with Crippen LogP contribution in [0.4, 0.5) is 8.78 Å². The van der Waals surface area contributed by atoms with Gasteiger partial charge in [0.15, 0.2) is 0 Å². The SMILES string of the molecule is CC(C)(O)C1CCC(c2cc(F)cc(F)c2)N1. The number of hydrogen-bond acceptors (Lipinski definition) is 2. The van der Waals surface area contributed by atoms with Gasteiger partial charge in [0.25, 0.3) is 0 Å². The van der Waals surface area contributed by atoms with E-state index in [9.17, 15) is 13.9 Å². The van der Waals surface area contributed by atoms with E-state index in [1.165, 1.54) is 12.1 Å². The van der Waals surface area contributed by atoms with Gasteiger partial charge in [-0.3, -0.25) is 0 Å². The van der Waals surface area contributed by atoms with Crippen molar-refractivity contribution in [3.8, 4) is 0 Å². The third kappa shape index (κ3) is 2.82. The minimum absolute atomic E-state index is 0.0428. The van der Waals surface area contributed by atoms with Crippen LogP contribution in [0.3, 0.4) is 0 Å². The van der Waals surface area contributed by atoms with Gasteiger partial charge in [-0.25, -0.2) is 8.78 Å². The van der Waals surface area contributed by atoms with Crippen LogP contribution in [0.2, 0.25) is 0 Å². The summed E-state index contributed by atoms with van der Waals surface area (Å²) in [5, 5.41) is 13.1. The van der Waals surface area contributed by atoms with Crippen molar-refractivity contribution < 1.29 is 13.9 Å². The van der Waals surface area contributed by atoms with Gasteiger partial charge in [0.2, 0.25) is 0 Å². The summed E-state index contributed by atoms with van der Waals surface area (Å²) in [4.78, 5) is 0. The number of halogens is 2. The van der Waals surface area contributed by atoms with Crippen molar-refractivity contribution >= 4 is 0 Å². The van der Waals surface area contributed by atoms with Crippen molar-refractivity contribution in [3.63, 3.8) is 0 Å². The first-order valence-corrected chi connectivity index (χ1v) is 5.80. The highest BCUT2D eigenvalue weighted by atomic mass is 19.1. The molecule has 2 N–H and O–H groups in total. The molecule has 0 aliphatic carbocycles. The van der Waals surface area contributed by atoms with Crippen LogP contribution >= 0.6 is 0 Å². The minimum Gasteiger partial charge on any atom is -0.389 e. The molecule has 1 aromatic rings. The normalized spacial score (nSPS) is 25.2. The summed E-state index contributed by atoms with van der Waals surface area (Å²) in [5.41, 5.74) is -0.213. The monoisotopic (exact) mass is 241 g/mol. The molecular weight excluding hydrogens is 224 g/mol. The molecule has 0 saturated carbocycles.